The van der Waals surface area contributed by atoms with E-state index in [2.05, 4.69) is 23.0 Å². The van der Waals surface area contributed by atoms with Crippen molar-refractivity contribution in [3.63, 3.8) is 0 Å². The molecule has 1 aromatic heterocycles. The van der Waals surface area contributed by atoms with Gasteiger partial charge in [0.25, 0.3) is 5.91 Å². The zero-order valence-electron chi connectivity index (χ0n) is 15.1. The summed E-state index contributed by atoms with van der Waals surface area (Å²) in [5.74, 6) is -1.06. The van der Waals surface area contributed by atoms with Gasteiger partial charge in [0, 0.05) is 21.2 Å². The molecule has 138 valence electrons. The number of hydroxylamine groups is 1. The first-order valence-corrected chi connectivity index (χ1v) is 9.66. The van der Waals surface area contributed by atoms with E-state index in [0.29, 0.717) is 11.1 Å². The van der Waals surface area contributed by atoms with E-state index in [1.165, 1.54) is 4.70 Å². The van der Waals surface area contributed by atoms with Crippen LogP contribution in [0.1, 0.15) is 26.3 Å². The molecule has 0 aliphatic carbocycles. The number of hydrogen-bond donors (Lipinski definition) is 1. The van der Waals surface area contributed by atoms with Crippen molar-refractivity contribution >= 4 is 33.3 Å². The molecule has 0 atom stereocenters. The lowest BCUT2D eigenvalue weighted by molar-refractivity contribution is 0.0230. The summed E-state index contributed by atoms with van der Waals surface area (Å²) in [6.45, 7) is 1.90. The third-order valence-corrected chi connectivity index (χ3v) is 5.56. The molecule has 0 saturated heterocycles. The molecule has 1 amide bonds. The number of thiophene rings is 1. The van der Waals surface area contributed by atoms with Gasteiger partial charge in [0.15, 0.2) is 0 Å². The molecule has 0 spiro atoms. The predicted octanol–water partition coefficient (Wildman–Crippen LogP) is 5.38. The van der Waals surface area contributed by atoms with Gasteiger partial charge in [-0.15, -0.1) is 11.3 Å². The molecular weight excluding hydrogens is 370 g/mol. The fourth-order valence-corrected chi connectivity index (χ4v) is 4.10. The molecule has 1 heterocycles. The average molecular weight is 387 g/mol. The molecule has 0 aliphatic rings. The van der Waals surface area contributed by atoms with Crippen molar-refractivity contribution < 1.29 is 14.4 Å². The van der Waals surface area contributed by atoms with Crippen LogP contribution in [0.25, 0.3) is 21.2 Å². The van der Waals surface area contributed by atoms with Crippen LogP contribution < -0.4 is 5.48 Å². The summed E-state index contributed by atoms with van der Waals surface area (Å²) in [5.41, 5.74) is 6.01. The van der Waals surface area contributed by atoms with E-state index in [1.807, 2.05) is 31.2 Å². The molecule has 0 bridgehead atoms. The van der Waals surface area contributed by atoms with Gasteiger partial charge in [-0.2, -0.15) is 5.48 Å². The zero-order chi connectivity index (χ0) is 19.5. The molecule has 0 aliphatic heterocycles. The van der Waals surface area contributed by atoms with E-state index in [4.69, 9.17) is 4.84 Å². The monoisotopic (exact) mass is 387 g/mol. The van der Waals surface area contributed by atoms with Crippen molar-refractivity contribution in [2.45, 2.75) is 6.92 Å². The van der Waals surface area contributed by atoms with Gasteiger partial charge >= 0.3 is 5.97 Å². The molecule has 5 heteroatoms. The molecule has 4 rings (SSSR count). The second-order valence-electron chi connectivity index (χ2n) is 6.31. The van der Waals surface area contributed by atoms with Crippen LogP contribution in [0.15, 0.2) is 78.2 Å². The first-order chi connectivity index (χ1) is 13.6. The topological polar surface area (TPSA) is 55.4 Å². The second-order valence-corrected chi connectivity index (χ2v) is 7.22. The highest BCUT2D eigenvalue weighted by molar-refractivity contribution is 7.17. The Balaban J connectivity index is 1.58. The van der Waals surface area contributed by atoms with Crippen LogP contribution in [0, 0.1) is 6.92 Å². The maximum Gasteiger partial charge on any atom is 0.362 e. The van der Waals surface area contributed by atoms with Crippen molar-refractivity contribution in [3.8, 4) is 11.1 Å². The Morgan fingerprint density at radius 3 is 2.43 bits per heavy atom. The number of rotatable bonds is 3. The molecule has 28 heavy (non-hydrogen) atoms. The third-order valence-electron chi connectivity index (χ3n) is 4.60. The number of nitrogens with one attached hydrogen (secondary N) is 1. The van der Waals surface area contributed by atoms with Gasteiger partial charge < -0.3 is 4.84 Å². The van der Waals surface area contributed by atoms with Crippen LogP contribution in [-0.4, -0.2) is 11.9 Å². The number of amides is 1. The molecule has 0 saturated carbocycles. The zero-order valence-corrected chi connectivity index (χ0v) is 16.0. The SMILES string of the molecule is Cc1c(C(=O)NOC(=O)c2ccccc2)cccc1-c1csc2ccccc12. The van der Waals surface area contributed by atoms with Gasteiger partial charge in [-0.3, -0.25) is 4.79 Å². The summed E-state index contributed by atoms with van der Waals surface area (Å²) in [6.07, 6.45) is 0. The lowest BCUT2D eigenvalue weighted by atomic mass is 9.96. The lowest BCUT2D eigenvalue weighted by Crippen LogP contribution is -2.27. The minimum Gasteiger partial charge on any atom is -0.335 e. The molecule has 4 nitrogen and oxygen atoms in total. The second kappa shape index (κ2) is 7.66. The van der Waals surface area contributed by atoms with Gasteiger partial charge in [-0.25, -0.2) is 4.79 Å². The molecule has 0 fully saturated rings. The highest BCUT2D eigenvalue weighted by Gasteiger charge is 2.16. The smallest absolute Gasteiger partial charge is 0.335 e. The summed E-state index contributed by atoms with van der Waals surface area (Å²) < 4.78 is 1.20. The van der Waals surface area contributed by atoms with Crippen LogP contribution >= 0.6 is 11.3 Å². The fourth-order valence-electron chi connectivity index (χ4n) is 3.14. The van der Waals surface area contributed by atoms with Crippen molar-refractivity contribution in [3.05, 3.63) is 94.9 Å². The van der Waals surface area contributed by atoms with Gasteiger partial charge in [0.1, 0.15) is 0 Å². The van der Waals surface area contributed by atoms with Gasteiger partial charge in [0.2, 0.25) is 0 Å². The number of hydrogen-bond acceptors (Lipinski definition) is 4. The Kier molecular flexibility index (Phi) is 4.91. The Hall–Kier alpha value is -3.44. The maximum atomic E-state index is 12.6. The van der Waals surface area contributed by atoms with Crippen LogP contribution in [0.3, 0.4) is 0 Å². The van der Waals surface area contributed by atoms with Crippen LogP contribution in [0.2, 0.25) is 0 Å². The third kappa shape index (κ3) is 3.40. The largest absolute Gasteiger partial charge is 0.362 e. The van der Waals surface area contributed by atoms with Crippen LogP contribution in [0.4, 0.5) is 0 Å². The van der Waals surface area contributed by atoms with E-state index >= 15 is 0 Å². The first kappa shape index (κ1) is 17.9. The summed E-state index contributed by atoms with van der Waals surface area (Å²) in [6, 6.07) is 22.3. The Morgan fingerprint density at radius 2 is 1.61 bits per heavy atom. The normalized spacial score (nSPS) is 10.6. The molecule has 3 aromatic carbocycles. The van der Waals surface area contributed by atoms with Gasteiger partial charge in [-0.1, -0.05) is 48.5 Å². The summed E-state index contributed by atoms with van der Waals surface area (Å²) in [4.78, 5) is 29.6. The standard InChI is InChI=1S/C23H17NO3S/c1-15-17(20-14-28-21-13-6-5-10-19(20)21)11-7-12-18(15)22(25)24-27-23(26)16-8-3-2-4-9-16/h2-14H,1H3,(H,24,25). The maximum absolute atomic E-state index is 12.6. The quantitative estimate of drug-likeness (QED) is 0.480. The van der Waals surface area contributed by atoms with E-state index in [9.17, 15) is 9.59 Å². The van der Waals surface area contributed by atoms with Crippen molar-refractivity contribution in [1.29, 1.82) is 0 Å². The van der Waals surface area contributed by atoms with Crippen LogP contribution in [-0.2, 0) is 4.84 Å². The average Bonchev–Trinajstić information content (AvgIpc) is 3.16. The van der Waals surface area contributed by atoms with Crippen molar-refractivity contribution in [1.82, 2.24) is 5.48 Å². The molecular formula is C23H17NO3S. The lowest BCUT2D eigenvalue weighted by Gasteiger charge is -2.11. The molecule has 1 N–H and O–H groups in total. The molecule has 0 unspecified atom stereocenters. The van der Waals surface area contributed by atoms with E-state index in [1.54, 1.807) is 47.7 Å². The predicted molar refractivity (Wildman–Crippen MR) is 111 cm³/mol. The summed E-state index contributed by atoms with van der Waals surface area (Å²) in [7, 11) is 0. The fraction of sp³-hybridized carbons (Fsp3) is 0.0435. The Bertz CT molecular complexity index is 1160. The minimum atomic E-state index is -0.605. The van der Waals surface area contributed by atoms with Crippen LogP contribution in [0.5, 0.6) is 0 Å². The summed E-state index contributed by atoms with van der Waals surface area (Å²) in [5, 5.41) is 3.26. The van der Waals surface area contributed by atoms with E-state index < -0.39 is 11.9 Å². The number of carbonyl (C=O) groups is 2. The van der Waals surface area contributed by atoms with E-state index in [-0.39, 0.29) is 0 Å². The highest BCUT2D eigenvalue weighted by atomic mass is 32.1. The first-order valence-electron chi connectivity index (χ1n) is 8.78. The summed E-state index contributed by atoms with van der Waals surface area (Å²) >= 11 is 1.67. The minimum absolute atomic E-state index is 0.373. The number of fused-ring (bicyclic) bond motifs is 1. The van der Waals surface area contributed by atoms with E-state index in [0.717, 1.165) is 22.1 Å². The van der Waals surface area contributed by atoms with Crippen molar-refractivity contribution in [2.75, 3.05) is 0 Å². The van der Waals surface area contributed by atoms with Gasteiger partial charge in [-0.05, 0) is 47.7 Å². The van der Waals surface area contributed by atoms with Crippen molar-refractivity contribution in [2.24, 2.45) is 0 Å². The highest BCUT2D eigenvalue weighted by Crippen LogP contribution is 2.36. The molecule has 4 aromatic rings. The Labute approximate surface area is 166 Å². The Morgan fingerprint density at radius 1 is 0.857 bits per heavy atom. The molecule has 0 radical (unpaired) electrons. The van der Waals surface area contributed by atoms with Gasteiger partial charge in [0.05, 0.1) is 5.56 Å². The number of carbonyl (C=O) groups excluding carboxylic acids is 2. The number of benzene rings is 3.